The molecule has 26 heavy (non-hydrogen) atoms. The van der Waals surface area contributed by atoms with Gasteiger partial charge in [0.2, 0.25) is 0 Å². The van der Waals surface area contributed by atoms with Crippen molar-refractivity contribution in [2.24, 2.45) is 0 Å². The minimum atomic E-state index is -0.771. The standard InChI is InChI=1S/C19H22N4O3/c1-12(14-7-6-13-4-2-3-5-15(13)10-14)23-16(24)11-26-19(25)17-18(20)22-9-8-21-17/h6-10,12H,2-5,11H2,1H3,(H2,20,22)(H,23,24)/t12-/m0/s1. The van der Waals surface area contributed by atoms with Gasteiger partial charge in [-0.1, -0.05) is 18.2 Å². The first-order valence-corrected chi connectivity index (χ1v) is 8.69. The molecule has 0 saturated carbocycles. The number of nitrogen functional groups attached to an aromatic ring is 1. The number of fused-ring (bicyclic) bond motifs is 1. The molecule has 0 fully saturated rings. The summed E-state index contributed by atoms with van der Waals surface area (Å²) >= 11 is 0. The predicted octanol–water partition coefficient (Wildman–Crippen LogP) is 1.97. The van der Waals surface area contributed by atoms with Crippen LogP contribution >= 0.6 is 0 Å². The number of nitrogens with zero attached hydrogens (tertiary/aromatic N) is 2. The number of benzene rings is 1. The van der Waals surface area contributed by atoms with Crippen molar-refractivity contribution in [1.29, 1.82) is 0 Å². The van der Waals surface area contributed by atoms with Gasteiger partial charge < -0.3 is 15.8 Å². The van der Waals surface area contributed by atoms with Gasteiger partial charge in [-0.15, -0.1) is 0 Å². The van der Waals surface area contributed by atoms with E-state index in [0.717, 1.165) is 18.4 Å². The summed E-state index contributed by atoms with van der Waals surface area (Å²) in [6.45, 7) is 1.51. The number of esters is 1. The van der Waals surface area contributed by atoms with E-state index >= 15 is 0 Å². The van der Waals surface area contributed by atoms with E-state index in [0.29, 0.717) is 0 Å². The van der Waals surface area contributed by atoms with E-state index in [2.05, 4.69) is 27.4 Å². The summed E-state index contributed by atoms with van der Waals surface area (Å²) in [7, 11) is 0. The van der Waals surface area contributed by atoms with Gasteiger partial charge in [0.1, 0.15) is 0 Å². The van der Waals surface area contributed by atoms with E-state index in [1.165, 1.54) is 36.4 Å². The number of carbonyl (C=O) groups is 2. The molecule has 1 aliphatic carbocycles. The first kappa shape index (κ1) is 17.8. The molecule has 3 rings (SSSR count). The lowest BCUT2D eigenvalue weighted by Crippen LogP contribution is -2.31. The molecule has 7 heteroatoms. The second-order valence-electron chi connectivity index (χ2n) is 6.39. The van der Waals surface area contributed by atoms with Crippen molar-refractivity contribution in [1.82, 2.24) is 15.3 Å². The molecule has 7 nitrogen and oxygen atoms in total. The highest BCUT2D eigenvalue weighted by Gasteiger charge is 2.17. The third kappa shape index (κ3) is 4.17. The number of amides is 1. The van der Waals surface area contributed by atoms with Crippen molar-refractivity contribution in [2.75, 3.05) is 12.3 Å². The van der Waals surface area contributed by atoms with Crippen LogP contribution in [-0.4, -0.2) is 28.5 Å². The van der Waals surface area contributed by atoms with Gasteiger partial charge in [0.05, 0.1) is 6.04 Å². The molecule has 2 aromatic rings. The topological polar surface area (TPSA) is 107 Å². The van der Waals surface area contributed by atoms with Crippen LogP contribution in [0.5, 0.6) is 0 Å². The molecule has 0 unspecified atom stereocenters. The van der Waals surface area contributed by atoms with Crippen LogP contribution in [0.3, 0.4) is 0 Å². The quantitative estimate of drug-likeness (QED) is 0.795. The zero-order chi connectivity index (χ0) is 18.5. The maximum Gasteiger partial charge on any atom is 0.361 e. The smallest absolute Gasteiger partial charge is 0.361 e. The monoisotopic (exact) mass is 354 g/mol. The SMILES string of the molecule is C[C@H](NC(=O)COC(=O)c1nccnc1N)c1ccc2c(c1)CCCC2. The van der Waals surface area contributed by atoms with Crippen LogP contribution in [0.4, 0.5) is 5.82 Å². The summed E-state index contributed by atoms with van der Waals surface area (Å²) in [6.07, 6.45) is 7.36. The molecule has 3 N–H and O–H groups in total. The van der Waals surface area contributed by atoms with Crippen LogP contribution in [0.15, 0.2) is 30.6 Å². The van der Waals surface area contributed by atoms with Gasteiger partial charge in [0.15, 0.2) is 18.1 Å². The summed E-state index contributed by atoms with van der Waals surface area (Å²) < 4.78 is 4.96. The van der Waals surface area contributed by atoms with Gasteiger partial charge in [0.25, 0.3) is 5.91 Å². The third-order valence-electron chi connectivity index (χ3n) is 4.50. The highest BCUT2D eigenvalue weighted by molar-refractivity contribution is 5.93. The largest absolute Gasteiger partial charge is 0.451 e. The fourth-order valence-electron chi connectivity index (χ4n) is 3.09. The number of anilines is 1. The molecule has 0 spiro atoms. The average molecular weight is 354 g/mol. The van der Waals surface area contributed by atoms with Crippen LogP contribution in [0, 0.1) is 0 Å². The Morgan fingerprint density at radius 2 is 1.92 bits per heavy atom. The van der Waals surface area contributed by atoms with Crippen molar-refractivity contribution in [3.05, 3.63) is 53.0 Å². The average Bonchev–Trinajstić information content (AvgIpc) is 2.66. The number of ether oxygens (including phenoxy) is 1. The Morgan fingerprint density at radius 3 is 2.69 bits per heavy atom. The van der Waals surface area contributed by atoms with Crippen LogP contribution in [0.1, 0.15) is 53.0 Å². The fourth-order valence-corrected chi connectivity index (χ4v) is 3.09. The highest BCUT2D eigenvalue weighted by atomic mass is 16.5. The molecule has 0 radical (unpaired) electrons. The molecular weight excluding hydrogens is 332 g/mol. The van der Waals surface area contributed by atoms with E-state index < -0.39 is 12.6 Å². The maximum atomic E-state index is 12.1. The Balaban J connectivity index is 1.54. The Labute approximate surface area is 152 Å². The highest BCUT2D eigenvalue weighted by Crippen LogP contribution is 2.24. The van der Waals surface area contributed by atoms with Gasteiger partial charge in [-0.3, -0.25) is 4.79 Å². The van der Waals surface area contributed by atoms with Gasteiger partial charge in [-0.25, -0.2) is 14.8 Å². The number of hydrogen-bond acceptors (Lipinski definition) is 6. The zero-order valence-corrected chi connectivity index (χ0v) is 14.7. The number of hydrogen-bond donors (Lipinski definition) is 2. The first-order valence-electron chi connectivity index (χ1n) is 8.69. The minimum absolute atomic E-state index is 0.0275. The Bertz CT molecular complexity index is 822. The maximum absolute atomic E-state index is 12.1. The second-order valence-corrected chi connectivity index (χ2v) is 6.39. The van der Waals surface area contributed by atoms with E-state index in [-0.39, 0.29) is 23.5 Å². The van der Waals surface area contributed by atoms with E-state index in [1.54, 1.807) is 0 Å². The van der Waals surface area contributed by atoms with Gasteiger partial charge in [0, 0.05) is 12.4 Å². The van der Waals surface area contributed by atoms with Crippen molar-refractivity contribution in [2.45, 2.75) is 38.6 Å². The normalized spacial score (nSPS) is 14.2. The summed E-state index contributed by atoms with van der Waals surface area (Å²) in [6, 6.07) is 6.17. The molecule has 1 aliphatic rings. The molecule has 0 saturated heterocycles. The van der Waals surface area contributed by atoms with Crippen LogP contribution < -0.4 is 11.1 Å². The Kier molecular flexibility index (Phi) is 5.46. The predicted molar refractivity (Wildman–Crippen MR) is 96.4 cm³/mol. The molecule has 136 valence electrons. The number of rotatable bonds is 5. The number of aromatic nitrogens is 2. The molecule has 0 aliphatic heterocycles. The van der Waals surface area contributed by atoms with Gasteiger partial charge in [-0.05, 0) is 49.3 Å². The molecule has 1 aromatic carbocycles. The van der Waals surface area contributed by atoms with Crippen molar-refractivity contribution < 1.29 is 14.3 Å². The second kappa shape index (κ2) is 7.95. The summed E-state index contributed by atoms with van der Waals surface area (Å²) in [5.74, 6) is -1.18. The van der Waals surface area contributed by atoms with Crippen molar-refractivity contribution in [3.63, 3.8) is 0 Å². The lowest BCUT2D eigenvalue weighted by Gasteiger charge is -2.20. The number of nitrogens with two attached hydrogens (primary N) is 1. The van der Waals surface area contributed by atoms with Crippen molar-refractivity contribution in [3.8, 4) is 0 Å². The van der Waals surface area contributed by atoms with Crippen LogP contribution in [0.25, 0.3) is 0 Å². The van der Waals surface area contributed by atoms with Crippen LogP contribution in [-0.2, 0) is 22.4 Å². The molecule has 1 atom stereocenters. The number of nitrogens with one attached hydrogen (secondary N) is 1. The molecule has 1 aromatic heterocycles. The lowest BCUT2D eigenvalue weighted by molar-refractivity contribution is -0.124. The van der Waals surface area contributed by atoms with E-state index in [9.17, 15) is 9.59 Å². The van der Waals surface area contributed by atoms with Crippen LogP contribution in [0.2, 0.25) is 0 Å². The fraction of sp³-hybridized carbons (Fsp3) is 0.368. The lowest BCUT2D eigenvalue weighted by atomic mass is 9.89. The number of aryl methyl sites for hydroxylation is 2. The number of carbonyl (C=O) groups excluding carboxylic acids is 2. The summed E-state index contributed by atoms with van der Waals surface area (Å²) in [5.41, 5.74) is 9.27. The Morgan fingerprint density at radius 1 is 1.19 bits per heavy atom. The first-order chi connectivity index (χ1) is 12.5. The third-order valence-corrected chi connectivity index (χ3v) is 4.50. The molecule has 0 bridgehead atoms. The van der Waals surface area contributed by atoms with E-state index in [1.807, 2.05) is 13.0 Å². The molecule has 1 heterocycles. The van der Waals surface area contributed by atoms with Gasteiger partial charge >= 0.3 is 5.97 Å². The van der Waals surface area contributed by atoms with Gasteiger partial charge in [-0.2, -0.15) is 0 Å². The summed E-state index contributed by atoms with van der Waals surface area (Å²) in [5, 5.41) is 2.84. The summed E-state index contributed by atoms with van der Waals surface area (Å²) in [4.78, 5) is 31.6. The minimum Gasteiger partial charge on any atom is -0.451 e. The zero-order valence-electron chi connectivity index (χ0n) is 14.7. The Hall–Kier alpha value is -2.96. The molecule has 1 amide bonds. The van der Waals surface area contributed by atoms with E-state index in [4.69, 9.17) is 10.5 Å². The van der Waals surface area contributed by atoms with Crippen molar-refractivity contribution >= 4 is 17.7 Å². The molecular formula is C19H22N4O3.